The number of nitrogens with one attached hydrogen (secondary N) is 2. The van der Waals surface area contributed by atoms with Crippen molar-refractivity contribution in [3.63, 3.8) is 0 Å². The van der Waals surface area contributed by atoms with Crippen molar-refractivity contribution in [1.29, 1.82) is 0 Å². The van der Waals surface area contributed by atoms with E-state index in [0.29, 0.717) is 30.4 Å². The molecule has 0 fully saturated rings. The van der Waals surface area contributed by atoms with E-state index in [-0.39, 0.29) is 11.6 Å². The van der Waals surface area contributed by atoms with E-state index < -0.39 is 0 Å². The van der Waals surface area contributed by atoms with Crippen molar-refractivity contribution in [1.82, 2.24) is 15.3 Å². The van der Waals surface area contributed by atoms with Crippen LogP contribution in [-0.2, 0) is 13.0 Å². The van der Waals surface area contributed by atoms with Crippen LogP contribution in [-0.4, -0.2) is 29.5 Å². The van der Waals surface area contributed by atoms with Crippen molar-refractivity contribution in [3.05, 3.63) is 82.8 Å². The first kappa shape index (κ1) is 19.6. The molecule has 3 rings (SSSR count). The third-order valence-corrected chi connectivity index (χ3v) is 4.40. The Hall–Kier alpha value is -3.12. The zero-order valence-corrected chi connectivity index (χ0v) is 16.2. The molecule has 3 aromatic rings. The number of carbonyl (C=O) groups excluding carboxylic acids is 1. The molecule has 0 saturated carbocycles. The number of hydrogen-bond acceptors (Lipinski definition) is 5. The van der Waals surface area contributed by atoms with Gasteiger partial charge in [-0.25, -0.2) is 9.97 Å². The third kappa shape index (κ3) is 5.44. The maximum atomic E-state index is 12.2. The van der Waals surface area contributed by atoms with E-state index in [9.17, 15) is 4.79 Å². The van der Waals surface area contributed by atoms with Crippen molar-refractivity contribution in [3.8, 4) is 5.75 Å². The predicted molar refractivity (Wildman–Crippen MR) is 110 cm³/mol. The first-order valence-electron chi connectivity index (χ1n) is 8.86. The SMILES string of the molecule is COc1ccccc1CCNC(=O)c1cnc(NCc2ccc(Cl)cc2)cn1. The summed E-state index contributed by atoms with van der Waals surface area (Å²) in [7, 11) is 1.63. The minimum Gasteiger partial charge on any atom is -0.496 e. The van der Waals surface area contributed by atoms with E-state index in [1.54, 1.807) is 13.3 Å². The minimum absolute atomic E-state index is 0.258. The molecule has 0 aliphatic heterocycles. The Morgan fingerprint density at radius 2 is 1.86 bits per heavy atom. The van der Waals surface area contributed by atoms with Gasteiger partial charge in [-0.2, -0.15) is 0 Å². The number of para-hydroxylation sites is 1. The highest BCUT2D eigenvalue weighted by atomic mass is 35.5. The molecule has 6 nitrogen and oxygen atoms in total. The van der Waals surface area contributed by atoms with Crippen LogP contribution >= 0.6 is 11.6 Å². The molecular weight excluding hydrogens is 376 g/mol. The molecule has 1 aromatic heterocycles. The standard InChI is InChI=1S/C21H21ClN4O2/c1-28-19-5-3-2-4-16(19)10-11-23-21(27)18-13-26-20(14-24-18)25-12-15-6-8-17(22)9-7-15/h2-9,13-14H,10-12H2,1H3,(H,23,27)(H,25,26). The lowest BCUT2D eigenvalue weighted by molar-refractivity contribution is 0.0948. The summed E-state index contributed by atoms with van der Waals surface area (Å²) in [6.45, 7) is 1.08. The van der Waals surface area contributed by atoms with Crippen molar-refractivity contribution in [2.45, 2.75) is 13.0 Å². The summed E-state index contributed by atoms with van der Waals surface area (Å²) in [5.41, 5.74) is 2.39. The van der Waals surface area contributed by atoms with Gasteiger partial charge < -0.3 is 15.4 Å². The Kier molecular flexibility index (Phi) is 6.81. The van der Waals surface area contributed by atoms with Gasteiger partial charge in [0.2, 0.25) is 0 Å². The predicted octanol–water partition coefficient (Wildman–Crippen LogP) is 3.72. The second-order valence-corrected chi connectivity index (χ2v) is 6.52. The molecular formula is C21H21ClN4O2. The van der Waals surface area contributed by atoms with Gasteiger partial charge in [0.05, 0.1) is 19.5 Å². The number of amides is 1. The smallest absolute Gasteiger partial charge is 0.271 e. The van der Waals surface area contributed by atoms with Crippen LogP contribution in [0.5, 0.6) is 5.75 Å². The summed E-state index contributed by atoms with van der Waals surface area (Å²) in [6, 6.07) is 15.3. The number of rotatable bonds is 8. The molecule has 0 unspecified atom stereocenters. The normalized spacial score (nSPS) is 10.4. The number of nitrogens with zero attached hydrogens (tertiary/aromatic N) is 2. The molecule has 28 heavy (non-hydrogen) atoms. The van der Waals surface area contributed by atoms with Crippen LogP contribution in [0, 0.1) is 0 Å². The Labute approximate surface area is 168 Å². The molecule has 7 heteroatoms. The van der Waals surface area contributed by atoms with E-state index >= 15 is 0 Å². The van der Waals surface area contributed by atoms with Crippen LogP contribution in [0.4, 0.5) is 5.82 Å². The van der Waals surface area contributed by atoms with Gasteiger partial charge in [-0.3, -0.25) is 4.79 Å². The van der Waals surface area contributed by atoms with E-state index in [0.717, 1.165) is 16.9 Å². The van der Waals surface area contributed by atoms with Crippen LogP contribution < -0.4 is 15.4 Å². The summed E-state index contributed by atoms with van der Waals surface area (Å²) in [5.74, 6) is 1.15. The van der Waals surface area contributed by atoms with E-state index in [4.69, 9.17) is 16.3 Å². The maximum absolute atomic E-state index is 12.2. The van der Waals surface area contributed by atoms with Gasteiger partial charge in [0.1, 0.15) is 17.3 Å². The van der Waals surface area contributed by atoms with Crippen LogP contribution in [0.1, 0.15) is 21.6 Å². The average molecular weight is 397 g/mol. The van der Waals surface area contributed by atoms with Crippen molar-refractivity contribution < 1.29 is 9.53 Å². The molecule has 0 radical (unpaired) electrons. The molecule has 1 amide bonds. The van der Waals surface area contributed by atoms with Crippen LogP contribution in [0.25, 0.3) is 0 Å². The number of carbonyl (C=O) groups is 1. The van der Waals surface area contributed by atoms with Gasteiger partial charge in [0.15, 0.2) is 0 Å². The number of halogens is 1. The molecule has 144 valence electrons. The molecule has 0 aliphatic rings. The monoisotopic (exact) mass is 396 g/mol. The molecule has 0 aliphatic carbocycles. The number of hydrogen-bond donors (Lipinski definition) is 2. The largest absolute Gasteiger partial charge is 0.496 e. The zero-order chi connectivity index (χ0) is 19.8. The molecule has 0 atom stereocenters. The number of aromatic nitrogens is 2. The minimum atomic E-state index is -0.258. The van der Waals surface area contributed by atoms with Crippen LogP contribution in [0.15, 0.2) is 60.9 Å². The molecule has 2 aromatic carbocycles. The Morgan fingerprint density at radius 1 is 1.07 bits per heavy atom. The van der Waals surface area contributed by atoms with E-state index in [2.05, 4.69) is 20.6 Å². The highest BCUT2D eigenvalue weighted by Gasteiger charge is 2.08. The quantitative estimate of drug-likeness (QED) is 0.606. The highest BCUT2D eigenvalue weighted by Crippen LogP contribution is 2.17. The molecule has 0 saturated heterocycles. The lowest BCUT2D eigenvalue weighted by Gasteiger charge is -2.09. The molecule has 0 bridgehead atoms. The van der Waals surface area contributed by atoms with Gasteiger partial charge in [-0.15, -0.1) is 0 Å². The highest BCUT2D eigenvalue weighted by molar-refractivity contribution is 6.30. The van der Waals surface area contributed by atoms with E-state index in [1.165, 1.54) is 6.20 Å². The van der Waals surface area contributed by atoms with Crippen LogP contribution in [0.3, 0.4) is 0 Å². The van der Waals surface area contributed by atoms with Crippen LogP contribution in [0.2, 0.25) is 5.02 Å². The lowest BCUT2D eigenvalue weighted by Crippen LogP contribution is -2.26. The van der Waals surface area contributed by atoms with Crippen molar-refractivity contribution >= 4 is 23.3 Å². The number of methoxy groups -OCH3 is 1. The zero-order valence-electron chi connectivity index (χ0n) is 15.5. The summed E-state index contributed by atoms with van der Waals surface area (Å²) < 4.78 is 5.31. The van der Waals surface area contributed by atoms with Gasteiger partial charge in [-0.05, 0) is 35.7 Å². The Balaban J connectivity index is 1.48. The molecule has 0 spiro atoms. The maximum Gasteiger partial charge on any atom is 0.271 e. The van der Waals surface area contributed by atoms with E-state index in [1.807, 2.05) is 48.5 Å². The lowest BCUT2D eigenvalue weighted by atomic mass is 10.1. The number of benzene rings is 2. The fourth-order valence-electron chi connectivity index (χ4n) is 2.64. The summed E-state index contributed by atoms with van der Waals surface area (Å²) in [4.78, 5) is 20.7. The summed E-state index contributed by atoms with van der Waals surface area (Å²) in [5, 5.41) is 6.71. The number of anilines is 1. The van der Waals surface area contributed by atoms with Crippen molar-refractivity contribution in [2.24, 2.45) is 0 Å². The second kappa shape index (κ2) is 9.71. The third-order valence-electron chi connectivity index (χ3n) is 4.14. The molecule has 2 N–H and O–H groups in total. The fourth-order valence-corrected chi connectivity index (χ4v) is 2.77. The topological polar surface area (TPSA) is 76.1 Å². The van der Waals surface area contributed by atoms with Gasteiger partial charge >= 0.3 is 0 Å². The summed E-state index contributed by atoms with van der Waals surface area (Å²) in [6.07, 6.45) is 3.68. The number of ether oxygens (including phenoxy) is 1. The van der Waals surface area contributed by atoms with Gasteiger partial charge in [-0.1, -0.05) is 41.9 Å². The Morgan fingerprint density at radius 3 is 2.57 bits per heavy atom. The Bertz CT molecular complexity index is 914. The summed E-state index contributed by atoms with van der Waals surface area (Å²) >= 11 is 5.88. The first-order chi connectivity index (χ1) is 13.7. The second-order valence-electron chi connectivity index (χ2n) is 6.08. The first-order valence-corrected chi connectivity index (χ1v) is 9.24. The molecule has 1 heterocycles. The fraction of sp³-hybridized carbons (Fsp3) is 0.190. The van der Waals surface area contributed by atoms with Crippen molar-refractivity contribution in [2.75, 3.05) is 19.0 Å². The van der Waals surface area contributed by atoms with Gasteiger partial charge in [0, 0.05) is 18.1 Å². The average Bonchev–Trinajstić information content (AvgIpc) is 2.74. The van der Waals surface area contributed by atoms with Gasteiger partial charge in [0.25, 0.3) is 5.91 Å².